The van der Waals surface area contributed by atoms with Crippen LogP contribution in [0.15, 0.2) is 12.4 Å². The molecule has 0 bridgehead atoms. The Morgan fingerprint density at radius 1 is 1.27 bits per heavy atom. The minimum atomic E-state index is 0.0737. The van der Waals surface area contributed by atoms with Crippen LogP contribution in [0.5, 0.6) is 5.88 Å². The normalized spacial score (nSPS) is 15.1. The second-order valence-electron chi connectivity index (χ2n) is 4.11. The minimum Gasteiger partial charge on any atom is -0.481 e. The molecular weight excluding hydrogens is 190 g/mol. The fourth-order valence-corrected chi connectivity index (χ4v) is 1.87. The average Bonchev–Trinajstić information content (AvgIpc) is 2.17. The van der Waals surface area contributed by atoms with Gasteiger partial charge in [0, 0.05) is 18.0 Å². The molecule has 84 valence electrons. The lowest BCUT2D eigenvalue weighted by Crippen LogP contribution is -2.29. The van der Waals surface area contributed by atoms with Crippen LogP contribution in [-0.2, 0) is 0 Å². The molecule has 1 heterocycles. The Labute approximate surface area is 90.9 Å². The third-order valence-electron chi connectivity index (χ3n) is 2.50. The molecule has 0 saturated heterocycles. The Balaban J connectivity index is 3.00. The van der Waals surface area contributed by atoms with Crippen LogP contribution in [0, 0.1) is 5.92 Å². The van der Waals surface area contributed by atoms with E-state index in [2.05, 4.69) is 23.8 Å². The van der Waals surface area contributed by atoms with E-state index in [0.717, 1.165) is 5.69 Å². The van der Waals surface area contributed by atoms with Gasteiger partial charge < -0.3 is 10.5 Å². The minimum absolute atomic E-state index is 0.0737. The number of hydrogen-bond donors (Lipinski definition) is 1. The molecule has 2 unspecified atom stereocenters. The smallest absolute Gasteiger partial charge is 0.216 e. The van der Waals surface area contributed by atoms with Crippen molar-refractivity contribution < 1.29 is 4.74 Å². The molecule has 2 atom stereocenters. The summed E-state index contributed by atoms with van der Waals surface area (Å²) in [6.07, 6.45) is 1.52. The van der Waals surface area contributed by atoms with Gasteiger partial charge in [-0.1, -0.05) is 13.8 Å². The van der Waals surface area contributed by atoms with E-state index in [-0.39, 0.29) is 12.0 Å². The fourth-order valence-electron chi connectivity index (χ4n) is 1.87. The van der Waals surface area contributed by atoms with Gasteiger partial charge in [-0.3, -0.25) is 0 Å². The Morgan fingerprint density at radius 3 is 2.40 bits per heavy atom. The molecule has 0 spiro atoms. The van der Waals surface area contributed by atoms with Crippen LogP contribution in [0.4, 0.5) is 0 Å². The predicted octanol–water partition coefficient (Wildman–Crippen LogP) is 1.57. The van der Waals surface area contributed by atoms with Gasteiger partial charge in [0.15, 0.2) is 0 Å². The van der Waals surface area contributed by atoms with Crippen molar-refractivity contribution in [1.29, 1.82) is 0 Å². The van der Waals surface area contributed by atoms with E-state index in [1.807, 2.05) is 13.0 Å². The maximum absolute atomic E-state index is 5.96. The summed E-state index contributed by atoms with van der Waals surface area (Å²) in [5, 5.41) is 0. The lowest BCUT2D eigenvalue weighted by Gasteiger charge is -2.23. The maximum atomic E-state index is 5.96. The second-order valence-corrected chi connectivity index (χ2v) is 4.11. The van der Waals surface area contributed by atoms with Gasteiger partial charge >= 0.3 is 0 Å². The monoisotopic (exact) mass is 209 g/mol. The lowest BCUT2D eigenvalue weighted by molar-refractivity contribution is 0.387. The largest absolute Gasteiger partial charge is 0.481 e. The topological polar surface area (TPSA) is 61.0 Å². The molecule has 1 rings (SSSR count). The number of nitrogens with zero attached hydrogens (tertiary/aromatic N) is 2. The highest BCUT2D eigenvalue weighted by Gasteiger charge is 2.21. The van der Waals surface area contributed by atoms with Crippen LogP contribution in [0.1, 0.15) is 32.4 Å². The molecule has 0 saturated carbocycles. The second kappa shape index (κ2) is 5.07. The molecule has 0 amide bonds. The number of ether oxygens (including phenoxy) is 1. The van der Waals surface area contributed by atoms with E-state index in [0.29, 0.717) is 11.8 Å². The summed E-state index contributed by atoms with van der Waals surface area (Å²) in [5.74, 6) is 1.28. The first-order valence-electron chi connectivity index (χ1n) is 5.17. The Hall–Kier alpha value is -1.16. The molecule has 4 nitrogen and oxygen atoms in total. The SMILES string of the molecule is COc1cc(C(C(C)C)C(C)N)ncn1. The van der Waals surface area contributed by atoms with Gasteiger partial charge in [-0.15, -0.1) is 0 Å². The third kappa shape index (κ3) is 2.89. The number of nitrogens with two attached hydrogens (primary N) is 1. The van der Waals surface area contributed by atoms with Crippen LogP contribution in [0.2, 0.25) is 0 Å². The molecule has 2 N–H and O–H groups in total. The number of methoxy groups -OCH3 is 1. The molecule has 4 heteroatoms. The van der Waals surface area contributed by atoms with Crippen LogP contribution in [-0.4, -0.2) is 23.1 Å². The zero-order valence-electron chi connectivity index (χ0n) is 9.77. The standard InChI is InChI=1S/C11H19N3O/c1-7(2)11(8(3)12)9-5-10(15-4)14-6-13-9/h5-8,11H,12H2,1-4H3. The van der Waals surface area contributed by atoms with E-state index in [1.54, 1.807) is 7.11 Å². The first-order chi connectivity index (χ1) is 7.06. The first kappa shape index (κ1) is 11.9. The van der Waals surface area contributed by atoms with E-state index in [4.69, 9.17) is 10.5 Å². The fraction of sp³-hybridized carbons (Fsp3) is 0.636. The molecule has 15 heavy (non-hydrogen) atoms. The number of rotatable bonds is 4. The van der Waals surface area contributed by atoms with E-state index >= 15 is 0 Å². The van der Waals surface area contributed by atoms with Crippen molar-refractivity contribution in [3.8, 4) is 5.88 Å². The van der Waals surface area contributed by atoms with Crippen LogP contribution in [0.3, 0.4) is 0 Å². The summed E-state index contributed by atoms with van der Waals surface area (Å²) < 4.78 is 5.07. The molecule has 0 aliphatic rings. The van der Waals surface area contributed by atoms with Gasteiger partial charge in [0.1, 0.15) is 6.33 Å². The summed E-state index contributed by atoms with van der Waals surface area (Å²) in [4.78, 5) is 8.24. The van der Waals surface area contributed by atoms with Gasteiger partial charge in [0.05, 0.1) is 12.8 Å². The molecule has 1 aromatic rings. The van der Waals surface area contributed by atoms with Crippen molar-refractivity contribution >= 4 is 0 Å². The predicted molar refractivity (Wildman–Crippen MR) is 59.8 cm³/mol. The van der Waals surface area contributed by atoms with Gasteiger partial charge in [-0.25, -0.2) is 9.97 Å². The highest BCUT2D eigenvalue weighted by atomic mass is 16.5. The van der Waals surface area contributed by atoms with Crippen molar-refractivity contribution in [3.63, 3.8) is 0 Å². The Bertz CT molecular complexity index is 304. The first-order valence-corrected chi connectivity index (χ1v) is 5.17. The van der Waals surface area contributed by atoms with Crippen molar-refractivity contribution in [3.05, 3.63) is 18.1 Å². The van der Waals surface area contributed by atoms with Gasteiger partial charge in [0.2, 0.25) is 5.88 Å². The van der Waals surface area contributed by atoms with E-state index in [1.165, 1.54) is 6.33 Å². The van der Waals surface area contributed by atoms with Gasteiger partial charge in [0.25, 0.3) is 0 Å². The average molecular weight is 209 g/mol. The highest BCUT2D eigenvalue weighted by Crippen LogP contribution is 2.26. The molecule has 1 aromatic heterocycles. The molecule has 0 aromatic carbocycles. The van der Waals surface area contributed by atoms with Crippen molar-refractivity contribution in [2.45, 2.75) is 32.7 Å². The van der Waals surface area contributed by atoms with Crippen molar-refractivity contribution in [2.24, 2.45) is 11.7 Å². The Morgan fingerprint density at radius 2 is 1.93 bits per heavy atom. The third-order valence-corrected chi connectivity index (χ3v) is 2.50. The molecule has 0 radical (unpaired) electrons. The highest BCUT2D eigenvalue weighted by molar-refractivity contribution is 5.18. The van der Waals surface area contributed by atoms with Gasteiger partial charge in [-0.05, 0) is 12.8 Å². The van der Waals surface area contributed by atoms with E-state index < -0.39 is 0 Å². The summed E-state index contributed by atoms with van der Waals surface area (Å²) in [6.45, 7) is 6.28. The van der Waals surface area contributed by atoms with Gasteiger partial charge in [-0.2, -0.15) is 0 Å². The molecule has 0 aliphatic heterocycles. The van der Waals surface area contributed by atoms with Crippen molar-refractivity contribution in [2.75, 3.05) is 7.11 Å². The summed E-state index contributed by atoms with van der Waals surface area (Å²) in [5.41, 5.74) is 6.91. The summed E-state index contributed by atoms with van der Waals surface area (Å²) in [7, 11) is 1.60. The maximum Gasteiger partial charge on any atom is 0.216 e. The summed E-state index contributed by atoms with van der Waals surface area (Å²) in [6, 6.07) is 1.93. The zero-order chi connectivity index (χ0) is 11.4. The number of hydrogen-bond acceptors (Lipinski definition) is 4. The van der Waals surface area contributed by atoms with Crippen LogP contribution >= 0.6 is 0 Å². The molecule has 0 fully saturated rings. The molecular formula is C11H19N3O. The quantitative estimate of drug-likeness (QED) is 0.817. The molecule has 0 aliphatic carbocycles. The van der Waals surface area contributed by atoms with E-state index in [9.17, 15) is 0 Å². The van der Waals surface area contributed by atoms with Crippen molar-refractivity contribution in [1.82, 2.24) is 9.97 Å². The van der Waals surface area contributed by atoms with Crippen LogP contribution < -0.4 is 10.5 Å². The Kier molecular flexibility index (Phi) is 4.03. The summed E-state index contributed by atoms with van der Waals surface area (Å²) >= 11 is 0. The van der Waals surface area contributed by atoms with Crippen LogP contribution in [0.25, 0.3) is 0 Å². The number of aromatic nitrogens is 2. The lowest BCUT2D eigenvalue weighted by atomic mass is 9.87. The zero-order valence-corrected chi connectivity index (χ0v) is 9.77.